The number of aliphatic hydroxyl groups excluding tert-OH is 2. The molecule has 0 amide bonds. The second-order valence-electron chi connectivity index (χ2n) is 4.29. The molecule has 1 rings (SSSR count). The summed E-state index contributed by atoms with van der Waals surface area (Å²) in [4.78, 5) is 0. The number of hydrogen-bond acceptors (Lipinski definition) is 4. The van der Waals surface area contributed by atoms with E-state index in [9.17, 15) is 10.2 Å². The van der Waals surface area contributed by atoms with E-state index in [1.54, 1.807) is 25.3 Å². The zero-order valence-electron chi connectivity index (χ0n) is 10.7. The van der Waals surface area contributed by atoms with Gasteiger partial charge in [0.05, 0.1) is 20.3 Å². The minimum absolute atomic E-state index is 0.0307. The second kappa shape index (κ2) is 5.89. The highest BCUT2D eigenvalue weighted by Crippen LogP contribution is 2.32. The van der Waals surface area contributed by atoms with Crippen molar-refractivity contribution in [2.75, 3.05) is 14.2 Å². The number of hydrogen-bond donors (Lipinski definition) is 2. The molecular weight excluding hydrogens is 220 g/mol. The van der Waals surface area contributed by atoms with Gasteiger partial charge in [-0.2, -0.15) is 0 Å². The first-order chi connectivity index (χ1) is 8.01. The van der Waals surface area contributed by atoms with Crippen molar-refractivity contribution < 1.29 is 19.7 Å². The topological polar surface area (TPSA) is 58.9 Å². The summed E-state index contributed by atoms with van der Waals surface area (Å²) in [6.07, 6.45) is -1.78. The lowest BCUT2D eigenvalue weighted by Gasteiger charge is -2.23. The first kappa shape index (κ1) is 13.8. The van der Waals surface area contributed by atoms with Gasteiger partial charge in [0.15, 0.2) is 0 Å². The van der Waals surface area contributed by atoms with E-state index in [2.05, 4.69) is 0 Å². The van der Waals surface area contributed by atoms with Crippen LogP contribution in [0.5, 0.6) is 11.5 Å². The van der Waals surface area contributed by atoms with E-state index in [0.717, 1.165) is 0 Å². The van der Waals surface area contributed by atoms with Gasteiger partial charge in [0, 0.05) is 11.6 Å². The molecular formula is C13H20O4. The molecule has 1 aromatic carbocycles. The predicted octanol–water partition coefficient (Wildman–Crippen LogP) is 1.75. The van der Waals surface area contributed by atoms with E-state index >= 15 is 0 Å². The third-order valence-electron chi connectivity index (χ3n) is 2.77. The van der Waals surface area contributed by atoms with Crippen LogP contribution in [-0.4, -0.2) is 30.5 Å². The summed E-state index contributed by atoms with van der Waals surface area (Å²) in [7, 11) is 3.08. The smallest absolute Gasteiger partial charge is 0.128 e. The summed E-state index contributed by atoms with van der Waals surface area (Å²) in [5.74, 6) is 1.13. The van der Waals surface area contributed by atoms with E-state index in [1.165, 1.54) is 7.11 Å². The Bertz CT molecular complexity index is 362. The highest BCUT2D eigenvalue weighted by Gasteiger charge is 2.24. The average molecular weight is 240 g/mol. The maximum absolute atomic E-state index is 10.1. The minimum atomic E-state index is -0.962. The van der Waals surface area contributed by atoms with Gasteiger partial charge in [0.25, 0.3) is 0 Å². The van der Waals surface area contributed by atoms with Gasteiger partial charge in [-0.15, -0.1) is 0 Å². The van der Waals surface area contributed by atoms with Crippen LogP contribution in [0.25, 0.3) is 0 Å². The van der Waals surface area contributed by atoms with Crippen molar-refractivity contribution in [3.8, 4) is 11.5 Å². The number of aliphatic hydroxyl groups is 2. The van der Waals surface area contributed by atoms with E-state index in [1.807, 2.05) is 13.8 Å². The highest BCUT2D eigenvalue weighted by atomic mass is 16.5. The SMILES string of the molecule is COc1ccc(C(O)C(O)C(C)C)c(OC)c1. The van der Waals surface area contributed by atoms with E-state index in [0.29, 0.717) is 17.1 Å². The van der Waals surface area contributed by atoms with Gasteiger partial charge in [0.2, 0.25) is 0 Å². The molecule has 1 aromatic rings. The predicted molar refractivity (Wildman–Crippen MR) is 65.4 cm³/mol. The van der Waals surface area contributed by atoms with Crippen LogP contribution in [0.3, 0.4) is 0 Å². The maximum atomic E-state index is 10.1. The second-order valence-corrected chi connectivity index (χ2v) is 4.29. The minimum Gasteiger partial charge on any atom is -0.497 e. The molecule has 2 N–H and O–H groups in total. The molecule has 0 aromatic heterocycles. The molecule has 17 heavy (non-hydrogen) atoms. The Labute approximate surface area is 102 Å². The van der Waals surface area contributed by atoms with Crippen molar-refractivity contribution in [3.63, 3.8) is 0 Å². The fourth-order valence-electron chi connectivity index (χ4n) is 1.61. The zero-order chi connectivity index (χ0) is 13.0. The van der Waals surface area contributed by atoms with Crippen molar-refractivity contribution in [3.05, 3.63) is 23.8 Å². The Morgan fingerprint density at radius 1 is 1.06 bits per heavy atom. The van der Waals surface area contributed by atoms with Crippen LogP contribution in [-0.2, 0) is 0 Å². The molecule has 0 bridgehead atoms. The third-order valence-corrected chi connectivity index (χ3v) is 2.77. The molecule has 2 atom stereocenters. The van der Waals surface area contributed by atoms with Crippen LogP contribution in [0, 0.1) is 5.92 Å². The number of rotatable bonds is 5. The van der Waals surface area contributed by atoms with Crippen LogP contribution in [0.1, 0.15) is 25.5 Å². The Kier molecular flexibility index (Phi) is 4.78. The number of benzene rings is 1. The quantitative estimate of drug-likeness (QED) is 0.823. The van der Waals surface area contributed by atoms with Gasteiger partial charge < -0.3 is 19.7 Å². The molecule has 0 saturated carbocycles. The van der Waals surface area contributed by atoms with Crippen molar-refractivity contribution in [1.29, 1.82) is 0 Å². The number of ether oxygens (including phenoxy) is 2. The van der Waals surface area contributed by atoms with Crippen LogP contribution < -0.4 is 9.47 Å². The van der Waals surface area contributed by atoms with Crippen LogP contribution >= 0.6 is 0 Å². The van der Waals surface area contributed by atoms with Crippen LogP contribution in [0.2, 0.25) is 0 Å². The van der Waals surface area contributed by atoms with Gasteiger partial charge >= 0.3 is 0 Å². The summed E-state index contributed by atoms with van der Waals surface area (Å²) in [5, 5.41) is 19.9. The Hall–Kier alpha value is -1.26. The molecule has 4 nitrogen and oxygen atoms in total. The molecule has 0 fully saturated rings. The van der Waals surface area contributed by atoms with Gasteiger partial charge in [-0.25, -0.2) is 0 Å². The largest absolute Gasteiger partial charge is 0.497 e. The third kappa shape index (κ3) is 3.11. The zero-order valence-corrected chi connectivity index (χ0v) is 10.7. The Balaban J connectivity index is 3.04. The van der Waals surface area contributed by atoms with Crippen LogP contribution in [0.15, 0.2) is 18.2 Å². The maximum Gasteiger partial charge on any atom is 0.128 e. The lowest BCUT2D eigenvalue weighted by Crippen LogP contribution is -2.24. The molecule has 0 aliphatic carbocycles. The van der Waals surface area contributed by atoms with Crippen molar-refractivity contribution in [1.82, 2.24) is 0 Å². The number of methoxy groups -OCH3 is 2. The first-order valence-corrected chi connectivity index (χ1v) is 5.59. The molecule has 0 radical (unpaired) electrons. The van der Waals surface area contributed by atoms with Crippen molar-refractivity contribution in [2.24, 2.45) is 5.92 Å². The van der Waals surface area contributed by atoms with Crippen molar-refractivity contribution >= 4 is 0 Å². The molecule has 2 unspecified atom stereocenters. The molecule has 0 heterocycles. The van der Waals surface area contributed by atoms with E-state index in [-0.39, 0.29) is 5.92 Å². The molecule has 0 aliphatic heterocycles. The monoisotopic (exact) mass is 240 g/mol. The lowest BCUT2D eigenvalue weighted by molar-refractivity contribution is -0.0105. The Morgan fingerprint density at radius 3 is 2.18 bits per heavy atom. The summed E-state index contributed by atoms with van der Waals surface area (Å²) in [6, 6.07) is 5.12. The van der Waals surface area contributed by atoms with Gasteiger partial charge in [-0.3, -0.25) is 0 Å². The fourth-order valence-corrected chi connectivity index (χ4v) is 1.61. The normalized spacial score (nSPS) is 14.5. The van der Waals surface area contributed by atoms with E-state index in [4.69, 9.17) is 9.47 Å². The molecule has 96 valence electrons. The van der Waals surface area contributed by atoms with E-state index < -0.39 is 12.2 Å². The molecule has 0 spiro atoms. The van der Waals surface area contributed by atoms with Gasteiger partial charge in [0.1, 0.15) is 17.6 Å². The van der Waals surface area contributed by atoms with Gasteiger partial charge in [-0.1, -0.05) is 13.8 Å². The standard InChI is InChI=1S/C13H20O4/c1-8(2)12(14)13(15)10-6-5-9(16-3)7-11(10)17-4/h5-8,12-15H,1-4H3. The first-order valence-electron chi connectivity index (χ1n) is 5.59. The van der Waals surface area contributed by atoms with Crippen molar-refractivity contribution in [2.45, 2.75) is 26.1 Å². The lowest BCUT2D eigenvalue weighted by atomic mass is 9.95. The molecule has 0 saturated heterocycles. The van der Waals surface area contributed by atoms with Crippen LogP contribution in [0.4, 0.5) is 0 Å². The average Bonchev–Trinajstić information content (AvgIpc) is 2.35. The summed E-state index contributed by atoms with van der Waals surface area (Å²) in [6.45, 7) is 3.70. The molecule has 4 heteroatoms. The van der Waals surface area contributed by atoms with Gasteiger partial charge in [-0.05, 0) is 18.1 Å². The summed E-state index contributed by atoms with van der Waals surface area (Å²) >= 11 is 0. The summed E-state index contributed by atoms with van der Waals surface area (Å²) < 4.78 is 10.3. The Morgan fingerprint density at radius 2 is 1.71 bits per heavy atom. The fraction of sp³-hybridized carbons (Fsp3) is 0.538. The highest BCUT2D eigenvalue weighted by molar-refractivity contribution is 5.42. The molecule has 0 aliphatic rings. The summed E-state index contributed by atoms with van der Waals surface area (Å²) in [5.41, 5.74) is 0.564.